The van der Waals surface area contributed by atoms with Crippen molar-refractivity contribution in [1.29, 1.82) is 5.26 Å². The summed E-state index contributed by atoms with van der Waals surface area (Å²) in [6.45, 7) is 6.89. The van der Waals surface area contributed by atoms with Gasteiger partial charge in [0.15, 0.2) is 5.92 Å². The van der Waals surface area contributed by atoms with Gasteiger partial charge in [0, 0.05) is 0 Å². The second-order valence-corrected chi connectivity index (χ2v) is 4.20. The van der Waals surface area contributed by atoms with Crippen molar-refractivity contribution in [3.05, 3.63) is 0 Å². The number of hydrogen-bond acceptors (Lipinski definition) is 5. The first-order chi connectivity index (χ1) is 7.31. The lowest BCUT2D eigenvalue weighted by atomic mass is 10.1. The minimum atomic E-state index is -1.15. The molecule has 0 aromatic rings. The maximum atomic E-state index is 11.6. The predicted octanol–water partition coefficient (Wildman–Crippen LogP) is 1.42. The molecule has 0 rings (SSSR count). The molecular formula is C11H17NO4. The van der Waals surface area contributed by atoms with E-state index in [2.05, 4.69) is 0 Å². The van der Waals surface area contributed by atoms with Crippen LogP contribution in [0.25, 0.3) is 0 Å². The van der Waals surface area contributed by atoms with E-state index in [1.165, 1.54) is 0 Å². The highest BCUT2D eigenvalue weighted by atomic mass is 16.6. The number of rotatable bonds is 4. The smallest absolute Gasteiger partial charge is 0.321 e. The first kappa shape index (κ1) is 14.4. The summed E-state index contributed by atoms with van der Waals surface area (Å²) in [5, 5.41) is 8.54. The van der Waals surface area contributed by atoms with Gasteiger partial charge < -0.3 is 9.47 Å². The molecule has 1 atom stereocenters. The van der Waals surface area contributed by atoms with Crippen molar-refractivity contribution < 1.29 is 19.1 Å². The van der Waals surface area contributed by atoms with Crippen LogP contribution in [-0.2, 0) is 19.1 Å². The summed E-state index contributed by atoms with van der Waals surface area (Å²) >= 11 is 0. The number of carbonyl (C=O) groups excluding carboxylic acids is 2. The Labute approximate surface area is 95.3 Å². The van der Waals surface area contributed by atoms with Crippen LogP contribution in [0.3, 0.4) is 0 Å². The van der Waals surface area contributed by atoms with E-state index in [9.17, 15) is 9.59 Å². The molecule has 1 unspecified atom stereocenters. The minimum Gasteiger partial charge on any atom is -0.465 e. The molecule has 0 fully saturated rings. The van der Waals surface area contributed by atoms with Gasteiger partial charge in [0.2, 0.25) is 0 Å². The van der Waals surface area contributed by atoms with Crippen molar-refractivity contribution in [2.45, 2.75) is 39.7 Å². The monoisotopic (exact) mass is 227 g/mol. The maximum Gasteiger partial charge on any atom is 0.321 e. The maximum absolute atomic E-state index is 11.6. The van der Waals surface area contributed by atoms with Crippen LogP contribution in [0, 0.1) is 17.2 Å². The van der Waals surface area contributed by atoms with Gasteiger partial charge in [-0.3, -0.25) is 9.59 Å². The quantitative estimate of drug-likeness (QED) is 0.536. The van der Waals surface area contributed by atoms with Gasteiger partial charge in [0.1, 0.15) is 5.60 Å². The molecule has 0 bridgehead atoms. The molecule has 0 amide bonds. The molecule has 0 heterocycles. The highest BCUT2D eigenvalue weighted by Gasteiger charge is 2.32. The topological polar surface area (TPSA) is 76.4 Å². The predicted molar refractivity (Wildman–Crippen MR) is 56.2 cm³/mol. The van der Waals surface area contributed by atoms with Crippen molar-refractivity contribution in [1.82, 2.24) is 0 Å². The first-order valence-corrected chi connectivity index (χ1v) is 5.08. The lowest BCUT2D eigenvalue weighted by molar-refractivity contribution is -0.168. The molecule has 5 heteroatoms. The Bertz CT molecular complexity index is 298. The normalized spacial score (nSPS) is 12.4. The molecule has 0 aliphatic rings. The zero-order chi connectivity index (χ0) is 12.8. The Kier molecular flexibility index (Phi) is 5.51. The third-order valence-electron chi connectivity index (χ3n) is 1.56. The summed E-state index contributed by atoms with van der Waals surface area (Å²) in [6.07, 6.45) is -0.228. The van der Waals surface area contributed by atoms with Gasteiger partial charge in [-0.1, -0.05) is 0 Å². The second-order valence-electron chi connectivity index (χ2n) is 4.20. The van der Waals surface area contributed by atoms with Gasteiger partial charge in [0.25, 0.3) is 0 Å². The van der Waals surface area contributed by atoms with Gasteiger partial charge in [0.05, 0.1) is 19.1 Å². The summed E-state index contributed by atoms with van der Waals surface area (Å²) in [5.41, 5.74) is -0.683. The molecule has 0 aromatic carbocycles. The Morgan fingerprint density at radius 1 is 1.31 bits per heavy atom. The van der Waals surface area contributed by atoms with E-state index in [0.29, 0.717) is 0 Å². The lowest BCUT2D eigenvalue weighted by Crippen LogP contribution is -2.33. The minimum absolute atomic E-state index is 0.170. The average molecular weight is 227 g/mol. The number of nitrogens with zero attached hydrogens (tertiary/aromatic N) is 1. The summed E-state index contributed by atoms with van der Waals surface area (Å²) in [7, 11) is 0. The standard InChI is InChI=1S/C11H17NO4/c1-5-15-9(13)8(6-7-12)10(14)16-11(2,3)4/h8H,5-6H2,1-4H3. The van der Waals surface area contributed by atoms with Crippen LogP contribution >= 0.6 is 0 Å². The Balaban J connectivity index is 4.60. The van der Waals surface area contributed by atoms with E-state index in [1.54, 1.807) is 33.8 Å². The van der Waals surface area contributed by atoms with Crippen molar-refractivity contribution in [2.24, 2.45) is 5.92 Å². The molecule has 90 valence electrons. The average Bonchev–Trinajstić information content (AvgIpc) is 2.11. The van der Waals surface area contributed by atoms with Gasteiger partial charge in [-0.2, -0.15) is 5.26 Å². The van der Waals surface area contributed by atoms with Crippen molar-refractivity contribution >= 4 is 11.9 Å². The SMILES string of the molecule is CCOC(=O)C(CC#N)C(=O)OC(C)(C)C. The van der Waals surface area contributed by atoms with Crippen molar-refractivity contribution in [2.75, 3.05) is 6.61 Å². The fourth-order valence-electron chi connectivity index (χ4n) is 0.970. The van der Waals surface area contributed by atoms with E-state index in [1.807, 2.05) is 0 Å². The van der Waals surface area contributed by atoms with Gasteiger partial charge >= 0.3 is 11.9 Å². The molecule has 0 spiro atoms. The fourth-order valence-corrected chi connectivity index (χ4v) is 0.970. The van der Waals surface area contributed by atoms with Crippen LogP contribution in [0.1, 0.15) is 34.1 Å². The zero-order valence-electron chi connectivity index (χ0n) is 10.1. The van der Waals surface area contributed by atoms with E-state index >= 15 is 0 Å². The van der Waals surface area contributed by atoms with Crippen LogP contribution < -0.4 is 0 Å². The lowest BCUT2D eigenvalue weighted by Gasteiger charge is -2.22. The molecule has 16 heavy (non-hydrogen) atoms. The Hall–Kier alpha value is -1.57. The molecule has 0 N–H and O–H groups in total. The van der Waals surface area contributed by atoms with Crippen LogP contribution in [0.15, 0.2) is 0 Å². The summed E-state index contributed by atoms with van der Waals surface area (Å²) in [5.74, 6) is -2.57. The number of nitriles is 1. The summed E-state index contributed by atoms with van der Waals surface area (Å²) in [4.78, 5) is 23.0. The van der Waals surface area contributed by atoms with E-state index in [4.69, 9.17) is 14.7 Å². The molecule has 0 aromatic heterocycles. The summed E-state index contributed by atoms with van der Waals surface area (Å²) < 4.78 is 9.73. The fraction of sp³-hybridized carbons (Fsp3) is 0.727. The molecular weight excluding hydrogens is 210 g/mol. The zero-order valence-corrected chi connectivity index (χ0v) is 10.1. The Morgan fingerprint density at radius 3 is 2.25 bits per heavy atom. The first-order valence-electron chi connectivity index (χ1n) is 5.08. The molecule has 0 saturated carbocycles. The molecule has 0 saturated heterocycles. The highest BCUT2D eigenvalue weighted by Crippen LogP contribution is 2.14. The highest BCUT2D eigenvalue weighted by molar-refractivity contribution is 5.95. The van der Waals surface area contributed by atoms with Crippen LogP contribution in [0.4, 0.5) is 0 Å². The van der Waals surface area contributed by atoms with Crippen LogP contribution in [0.5, 0.6) is 0 Å². The van der Waals surface area contributed by atoms with E-state index in [-0.39, 0.29) is 13.0 Å². The third-order valence-corrected chi connectivity index (χ3v) is 1.56. The van der Waals surface area contributed by atoms with Gasteiger partial charge in [-0.05, 0) is 27.7 Å². The molecule has 5 nitrogen and oxygen atoms in total. The largest absolute Gasteiger partial charge is 0.465 e. The number of carbonyl (C=O) groups is 2. The molecule has 0 aliphatic carbocycles. The van der Waals surface area contributed by atoms with E-state index < -0.39 is 23.5 Å². The number of esters is 2. The number of ether oxygens (including phenoxy) is 2. The van der Waals surface area contributed by atoms with E-state index in [0.717, 1.165) is 0 Å². The van der Waals surface area contributed by atoms with Crippen LogP contribution in [-0.4, -0.2) is 24.1 Å². The third kappa shape index (κ3) is 5.35. The molecule has 0 aliphatic heterocycles. The molecule has 0 radical (unpaired) electrons. The van der Waals surface area contributed by atoms with Crippen molar-refractivity contribution in [3.63, 3.8) is 0 Å². The second kappa shape index (κ2) is 6.11. The van der Waals surface area contributed by atoms with Gasteiger partial charge in [-0.25, -0.2) is 0 Å². The summed E-state index contributed by atoms with van der Waals surface area (Å²) in [6, 6.07) is 1.77. The Morgan fingerprint density at radius 2 is 1.88 bits per heavy atom. The number of hydrogen-bond donors (Lipinski definition) is 0. The van der Waals surface area contributed by atoms with Crippen molar-refractivity contribution in [3.8, 4) is 6.07 Å². The van der Waals surface area contributed by atoms with Crippen LogP contribution in [0.2, 0.25) is 0 Å². The van der Waals surface area contributed by atoms with Gasteiger partial charge in [-0.15, -0.1) is 0 Å².